The maximum Gasteiger partial charge on any atom is 0.138 e. The van der Waals surface area contributed by atoms with Gasteiger partial charge in [0.25, 0.3) is 0 Å². The second kappa shape index (κ2) is 3.94. The number of carbonyl (C=O) groups is 1. The Hall–Kier alpha value is -1.26. The maximum atomic E-state index is 11.2. The molecule has 0 fully saturated rings. The minimum atomic E-state index is 0.0986. The Bertz CT molecular complexity index is 242. The van der Waals surface area contributed by atoms with Gasteiger partial charge in [-0.05, 0) is 10.4 Å². The molecule has 66 valence electrons. The van der Waals surface area contributed by atoms with Gasteiger partial charge in [0, 0.05) is 12.3 Å². The predicted octanol–water partition coefficient (Wildman–Crippen LogP) is 0.288. The van der Waals surface area contributed by atoms with Crippen molar-refractivity contribution in [2.75, 3.05) is 0 Å². The van der Waals surface area contributed by atoms with E-state index >= 15 is 0 Å². The number of tetrazole rings is 1. The van der Waals surface area contributed by atoms with Crippen molar-refractivity contribution < 1.29 is 4.79 Å². The smallest absolute Gasteiger partial charge is 0.138 e. The number of carbonyl (C=O) groups excluding carboxylic acids is 1. The van der Waals surface area contributed by atoms with Crippen molar-refractivity contribution >= 4 is 5.78 Å². The van der Waals surface area contributed by atoms with Gasteiger partial charge in [0.05, 0.1) is 6.54 Å². The van der Waals surface area contributed by atoms with Crippen LogP contribution in [0, 0.1) is 5.92 Å². The first-order valence-corrected chi connectivity index (χ1v) is 3.93. The summed E-state index contributed by atoms with van der Waals surface area (Å²) in [7, 11) is 0. The molecule has 0 N–H and O–H groups in total. The van der Waals surface area contributed by atoms with Crippen molar-refractivity contribution in [3.05, 3.63) is 6.33 Å². The van der Waals surface area contributed by atoms with Gasteiger partial charge in [-0.25, -0.2) is 4.68 Å². The fourth-order valence-electron chi connectivity index (χ4n) is 0.796. The largest absolute Gasteiger partial charge is 0.299 e. The van der Waals surface area contributed by atoms with Crippen LogP contribution in [-0.2, 0) is 11.3 Å². The quantitative estimate of drug-likeness (QED) is 0.648. The van der Waals surface area contributed by atoms with Crippen LogP contribution >= 0.6 is 0 Å². The van der Waals surface area contributed by atoms with E-state index in [0.717, 1.165) is 0 Å². The van der Waals surface area contributed by atoms with E-state index < -0.39 is 0 Å². The predicted molar refractivity (Wildman–Crippen MR) is 42.3 cm³/mol. The molecule has 1 aromatic rings. The van der Waals surface area contributed by atoms with Crippen LogP contribution in [0.4, 0.5) is 0 Å². The highest BCUT2D eigenvalue weighted by atomic mass is 16.1. The third kappa shape index (κ3) is 2.41. The first-order chi connectivity index (χ1) is 5.70. The van der Waals surface area contributed by atoms with E-state index in [2.05, 4.69) is 15.5 Å². The van der Waals surface area contributed by atoms with E-state index in [4.69, 9.17) is 0 Å². The summed E-state index contributed by atoms with van der Waals surface area (Å²) >= 11 is 0. The molecular weight excluding hydrogens is 156 g/mol. The Kier molecular flexibility index (Phi) is 2.90. The Balaban J connectivity index is 2.32. The number of rotatable bonds is 4. The van der Waals surface area contributed by atoms with Gasteiger partial charge in [-0.3, -0.25) is 4.79 Å². The highest BCUT2D eigenvalue weighted by Gasteiger charge is 2.06. The lowest BCUT2D eigenvalue weighted by atomic mass is 10.1. The molecule has 0 atom stereocenters. The van der Waals surface area contributed by atoms with Crippen molar-refractivity contribution in [2.24, 2.45) is 5.92 Å². The van der Waals surface area contributed by atoms with Gasteiger partial charge < -0.3 is 0 Å². The summed E-state index contributed by atoms with van der Waals surface area (Å²) in [4.78, 5) is 11.2. The topological polar surface area (TPSA) is 60.7 Å². The minimum absolute atomic E-state index is 0.0986. The molecule has 5 nitrogen and oxygen atoms in total. The average molecular weight is 168 g/mol. The molecule has 0 saturated heterocycles. The molecule has 0 spiro atoms. The molecule has 0 saturated carbocycles. The fourth-order valence-corrected chi connectivity index (χ4v) is 0.796. The molecule has 0 amide bonds. The molecule has 1 rings (SSSR count). The van der Waals surface area contributed by atoms with E-state index in [1.807, 2.05) is 13.8 Å². The fraction of sp³-hybridized carbons (Fsp3) is 0.714. The zero-order valence-electron chi connectivity index (χ0n) is 7.27. The molecule has 0 radical (unpaired) electrons. The Labute approximate surface area is 70.8 Å². The number of aryl methyl sites for hydroxylation is 1. The summed E-state index contributed by atoms with van der Waals surface area (Å²) in [5, 5.41) is 10.6. The lowest BCUT2D eigenvalue weighted by Gasteiger charge is -2.02. The zero-order chi connectivity index (χ0) is 8.97. The van der Waals surface area contributed by atoms with Crippen LogP contribution in [0.1, 0.15) is 20.3 Å². The summed E-state index contributed by atoms with van der Waals surface area (Å²) in [6.45, 7) is 4.36. The third-order valence-electron chi connectivity index (χ3n) is 1.62. The normalized spacial score (nSPS) is 10.6. The van der Waals surface area contributed by atoms with Crippen molar-refractivity contribution in [3.8, 4) is 0 Å². The molecule has 5 heteroatoms. The standard InChI is InChI=1S/C7H12N4O/c1-6(2)7(12)3-4-11-5-8-9-10-11/h5-6H,3-4H2,1-2H3. The number of aromatic nitrogens is 4. The summed E-state index contributed by atoms with van der Waals surface area (Å²) in [6, 6.07) is 0. The molecule has 0 aliphatic carbocycles. The average Bonchev–Trinajstić information content (AvgIpc) is 2.51. The van der Waals surface area contributed by atoms with E-state index in [9.17, 15) is 4.79 Å². The second-order valence-corrected chi connectivity index (χ2v) is 2.94. The number of ketones is 1. The van der Waals surface area contributed by atoms with Crippen molar-refractivity contribution in [2.45, 2.75) is 26.8 Å². The summed E-state index contributed by atoms with van der Waals surface area (Å²) < 4.78 is 1.56. The highest BCUT2D eigenvalue weighted by Crippen LogP contribution is 1.99. The first-order valence-electron chi connectivity index (χ1n) is 3.93. The van der Waals surface area contributed by atoms with Gasteiger partial charge in [0.15, 0.2) is 0 Å². The number of hydrogen-bond acceptors (Lipinski definition) is 4. The van der Waals surface area contributed by atoms with Gasteiger partial charge in [-0.2, -0.15) is 0 Å². The van der Waals surface area contributed by atoms with E-state index in [1.165, 1.54) is 6.33 Å². The zero-order valence-corrected chi connectivity index (χ0v) is 7.27. The monoisotopic (exact) mass is 168 g/mol. The second-order valence-electron chi connectivity index (χ2n) is 2.94. The Morgan fingerprint density at radius 3 is 2.83 bits per heavy atom. The van der Waals surface area contributed by atoms with Crippen LogP contribution in [0.3, 0.4) is 0 Å². The first kappa shape index (κ1) is 8.83. The molecule has 1 heterocycles. The molecule has 0 aliphatic heterocycles. The molecule has 0 bridgehead atoms. The van der Waals surface area contributed by atoms with E-state index in [-0.39, 0.29) is 11.7 Å². The highest BCUT2D eigenvalue weighted by molar-refractivity contribution is 5.80. The van der Waals surface area contributed by atoms with Crippen LogP contribution in [0.25, 0.3) is 0 Å². The lowest BCUT2D eigenvalue weighted by Crippen LogP contribution is -2.11. The molecule has 0 unspecified atom stereocenters. The summed E-state index contributed by atoms with van der Waals surface area (Å²) in [5.41, 5.74) is 0. The molecule has 12 heavy (non-hydrogen) atoms. The summed E-state index contributed by atoms with van der Waals surface area (Å²) in [6.07, 6.45) is 2.01. The van der Waals surface area contributed by atoms with Crippen LogP contribution in [-0.4, -0.2) is 26.0 Å². The minimum Gasteiger partial charge on any atom is -0.299 e. The van der Waals surface area contributed by atoms with E-state index in [1.54, 1.807) is 4.68 Å². The van der Waals surface area contributed by atoms with Gasteiger partial charge >= 0.3 is 0 Å². The van der Waals surface area contributed by atoms with Gasteiger partial charge in [-0.15, -0.1) is 5.10 Å². The van der Waals surface area contributed by atoms with Gasteiger partial charge in [0.2, 0.25) is 0 Å². The number of Topliss-reactive ketones (excluding diaryl/α,β-unsaturated/α-hetero) is 1. The van der Waals surface area contributed by atoms with Crippen LogP contribution in [0.2, 0.25) is 0 Å². The molecule has 1 aromatic heterocycles. The van der Waals surface area contributed by atoms with Gasteiger partial charge in [0.1, 0.15) is 12.1 Å². The van der Waals surface area contributed by atoms with Crippen LogP contribution < -0.4 is 0 Å². The SMILES string of the molecule is CC(C)C(=O)CCn1cnnn1. The molecule has 0 aromatic carbocycles. The Morgan fingerprint density at radius 2 is 2.33 bits per heavy atom. The maximum absolute atomic E-state index is 11.2. The van der Waals surface area contributed by atoms with Crippen molar-refractivity contribution in [3.63, 3.8) is 0 Å². The van der Waals surface area contributed by atoms with Gasteiger partial charge in [-0.1, -0.05) is 13.8 Å². The van der Waals surface area contributed by atoms with E-state index in [0.29, 0.717) is 13.0 Å². The Morgan fingerprint density at radius 1 is 1.58 bits per heavy atom. The summed E-state index contributed by atoms with van der Waals surface area (Å²) in [5.74, 6) is 0.340. The van der Waals surface area contributed by atoms with Crippen molar-refractivity contribution in [1.29, 1.82) is 0 Å². The third-order valence-corrected chi connectivity index (χ3v) is 1.62. The van der Waals surface area contributed by atoms with Crippen molar-refractivity contribution in [1.82, 2.24) is 20.2 Å². The molecule has 0 aliphatic rings. The molecular formula is C7H12N4O. The lowest BCUT2D eigenvalue weighted by molar-refractivity contribution is -0.122. The number of hydrogen-bond donors (Lipinski definition) is 0. The number of nitrogens with zero attached hydrogens (tertiary/aromatic N) is 4. The van der Waals surface area contributed by atoms with Crippen LogP contribution in [0.5, 0.6) is 0 Å². The van der Waals surface area contributed by atoms with Crippen LogP contribution in [0.15, 0.2) is 6.33 Å².